The first kappa shape index (κ1) is 12.5. The number of rotatable bonds is 4. The summed E-state index contributed by atoms with van der Waals surface area (Å²) in [7, 11) is 0. The first-order valence-electron chi connectivity index (χ1n) is 5.62. The first-order valence-corrected chi connectivity index (χ1v) is 5.62. The maximum atomic E-state index is 11.3. The van der Waals surface area contributed by atoms with Gasteiger partial charge in [-0.25, -0.2) is 0 Å². The van der Waals surface area contributed by atoms with Crippen molar-refractivity contribution in [3.05, 3.63) is 0 Å². The molecule has 0 radical (unpaired) electrons. The zero-order valence-corrected chi connectivity index (χ0v) is 9.57. The molecule has 1 rings (SSSR count). The standard InChI is InChI=1S/C11H21NO3/c1-9(2)7-12-6-4-3-5-11(12,8-13)10(14)15/h9,13H,3-8H2,1-2H3,(H,14,15). The Hall–Kier alpha value is -0.610. The summed E-state index contributed by atoms with van der Waals surface area (Å²) in [6.07, 6.45) is 2.48. The van der Waals surface area contributed by atoms with E-state index in [1.54, 1.807) is 0 Å². The molecule has 0 saturated carbocycles. The van der Waals surface area contributed by atoms with Crippen LogP contribution in [0.5, 0.6) is 0 Å². The zero-order chi connectivity index (χ0) is 11.5. The third-order valence-electron chi connectivity index (χ3n) is 3.12. The quantitative estimate of drug-likeness (QED) is 0.733. The average molecular weight is 215 g/mol. The van der Waals surface area contributed by atoms with E-state index in [1.807, 2.05) is 4.90 Å². The summed E-state index contributed by atoms with van der Waals surface area (Å²) < 4.78 is 0. The van der Waals surface area contributed by atoms with E-state index in [0.717, 1.165) is 25.9 Å². The Morgan fingerprint density at radius 1 is 1.47 bits per heavy atom. The van der Waals surface area contributed by atoms with Gasteiger partial charge in [0, 0.05) is 6.54 Å². The lowest BCUT2D eigenvalue weighted by Crippen LogP contribution is -2.60. The van der Waals surface area contributed by atoms with Crippen LogP contribution in [-0.2, 0) is 4.79 Å². The average Bonchev–Trinajstić information content (AvgIpc) is 2.17. The molecule has 1 saturated heterocycles. The minimum atomic E-state index is -1.03. The molecule has 0 aromatic heterocycles. The predicted molar refractivity (Wildman–Crippen MR) is 57.7 cm³/mol. The highest BCUT2D eigenvalue weighted by molar-refractivity contribution is 5.79. The summed E-state index contributed by atoms with van der Waals surface area (Å²) in [6.45, 7) is 5.38. The number of carboxylic acid groups (broad SMARTS) is 1. The van der Waals surface area contributed by atoms with Gasteiger partial charge in [-0.3, -0.25) is 9.69 Å². The van der Waals surface area contributed by atoms with Crippen molar-refractivity contribution in [3.8, 4) is 0 Å². The lowest BCUT2D eigenvalue weighted by molar-refractivity contribution is -0.158. The summed E-state index contributed by atoms with van der Waals surface area (Å²) in [6, 6.07) is 0. The van der Waals surface area contributed by atoms with Gasteiger partial charge >= 0.3 is 5.97 Å². The topological polar surface area (TPSA) is 60.8 Å². The zero-order valence-electron chi connectivity index (χ0n) is 9.57. The van der Waals surface area contributed by atoms with E-state index < -0.39 is 11.5 Å². The number of hydrogen-bond acceptors (Lipinski definition) is 3. The van der Waals surface area contributed by atoms with Gasteiger partial charge in [0.15, 0.2) is 0 Å². The number of piperidine rings is 1. The first-order chi connectivity index (χ1) is 7.03. The van der Waals surface area contributed by atoms with E-state index in [2.05, 4.69) is 13.8 Å². The van der Waals surface area contributed by atoms with Crippen molar-refractivity contribution in [2.24, 2.45) is 5.92 Å². The molecule has 1 fully saturated rings. The predicted octanol–water partition coefficient (Wildman–Crippen LogP) is 0.944. The third-order valence-corrected chi connectivity index (χ3v) is 3.12. The van der Waals surface area contributed by atoms with Gasteiger partial charge in [-0.1, -0.05) is 13.8 Å². The summed E-state index contributed by atoms with van der Waals surface area (Å²) >= 11 is 0. The van der Waals surface area contributed by atoms with Gasteiger partial charge in [0.1, 0.15) is 5.54 Å². The summed E-state index contributed by atoms with van der Waals surface area (Å²) in [4.78, 5) is 13.2. The number of aliphatic hydroxyl groups is 1. The van der Waals surface area contributed by atoms with Crippen molar-refractivity contribution < 1.29 is 15.0 Å². The molecule has 0 spiro atoms. The summed E-state index contributed by atoms with van der Waals surface area (Å²) in [5, 5.41) is 18.6. The number of aliphatic carboxylic acids is 1. The molecule has 0 amide bonds. The van der Waals surface area contributed by atoms with Crippen LogP contribution in [-0.4, -0.2) is 46.3 Å². The second-order valence-corrected chi connectivity index (χ2v) is 4.79. The Kier molecular flexibility index (Phi) is 4.11. The Bertz CT molecular complexity index is 230. The summed E-state index contributed by atoms with van der Waals surface area (Å²) in [5.74, 6) is -0.460. The van der Waals surface area contributed by atoms with Crippen LogP contribution >= 0.6 is 0 Å². The molecule has 1 atom stereocenters. The smallest absolute Gasteiger partial charge is 0.326 e. The highest BCUT2D eigenvalue weighted by Gasteiger charge is 2.45. The molecule has 4 heteroatoms. The van der Waals surface area contributed by atoms with Gasteiger partial charge in [0.2, 0.25) is 0 Å². The molecule has 0 aromatic rings. The molecule has 88 valence electrons. The van der Waals surface area contributed by atoms with Crippen LogP contribution in [0.3, 0.4) is 0 Å². The molecule has 15 heavy (non-hydrogen) atoms. The normalized spacial score (nSPS) is 28.3. The van der Waals surface area contributed by atoms with Gasteiger partial charge in [-0.15, -0.1) is 0 Å². The van der Waals surface area contributed by atoms with Crippen LogP contribution in [0.2, 0.25) is 0 Å². The Balaban J connectivity index is 2.83. The monoisotopic (exact) mass is 215 g/mol. The molecule has 1 heterocycles. The maximum Gasteiger partial charge on any atom is 0.326 e. The summed E-state index contributed by atoms with van der Waals surface area (Å²) in [5.41, 5.74) is -1.03. The van der Waals surface area contributed by atoms with Gasteiger partial charge in [0.05, 0.1) is 6.61 Å². The van der Waals surface area contributed by atoms with Crippen LogP contribution in [0, 0.1) is 5.92 Å². The van der Waals surface area contributed by atoms with Crippen molar-refractivity contribution in [1.29, 1.82) is 0 Å². The van der Waals surface area contributed by atoms with E-state index in [0.29, 0.717) is 12.3 Å². The minimum Gasteiger partial charge on any atom is -0.480 e. The molecule has 0 bridgehead atoms. The van der Waals surface area contributed by atoms with Crippen molar-refractivity contribution in [2.45, 2.75) is 38.6 Å². The molecule has 0 aromatic carbocycles. The van der Waals surface area contributed by atoms with Crippen molar-refractivity contribution in [2.75, 3.05) is 19.7 Å². The van der Waals surface area contributed by atoms with Crippen molar-refractivity contribution in [1.82, 2.24) is 4.90 Å². The van der Waals surface area contributed by atoms with Crippen LogP contribution in [0.25, 0.3) is 0 Å². The molecule has 1 aliphatic heterocycles. The molecule has 4 nitrogen and oxygen atoms in total. The Labute approximate surface area is 90.9 Å². The number of hydrogen-bond donors (Lipinski definition) is 2. The number of carboxylic acids is 1. The van der Waals surface area contributed by atoms with E-state index in [-0.39, 0.29) is 6.61 Å². The largest absolute Gasteiger partial charge is 0.480 e. The van der Waals surface area contributed by atoms with Crippen molar-refractivity contribution >= 4 is 5.97 Å². The lowest BCUT2D eigenvalue weighted by Gasteiger charge is -2.43. The number of likely N-dealkylation sites (tertiary alicyclic amines) is 1. The molecule has 1 aliphatic rings. The van der Waals surface area contributed by atoms with E-state index in [9.17, 15) is 15.0 Å². The van der Waals surface area contributed by atoms with E-state index in [4.69, 9.17) is 0 Å². The molecular formula is C11H21NO3. The van der Waals surface area contributed by atoms with Crippen LogP contribution in [0.4, 0.5) is 0 Å². The van der Waals surface area contributed by atoms with E-state index >= 15 is 0 Å². The second-order valence-electron chi connectivity index (χ2n) is 4.79. The number of carbonyl (C=O) groups is 1. The molecule has 0 aliphatic carbocycles. The SMILES string of the molecule is CC(C)CN1CCCCC1(CO)C(=O)O. The molecule has 2 N–H and O–H groups in total. The fraction of sp³-hybridized carbons (Fsp3) is 0.909. The highest BCUT2D eigenvalue weighted by atomic mass is 16.4. The Morgan fingerprint density at radius 2 is 2.13 bits per heavy atom. The molecular weight excluding hydrogens is 194 g/mol. The number of aliphatic hydroxyl groups excluding tert-OH is 1. The number of nitrogens with zero attached hydrogens (tertiary/aromatic N) is 1. The van der Waals surface area contributed by atoms with Crippen LogP contribution < -0.4 is 0 Å². The Morgan fingerprint density at radius 3 is 2.60 bits per heavy atom. The van der Waals surface area contributed by atoms with Gasteiger partial charge in [-0.2, -0.15) is 0 Å². The van der Waals surface area contributed by atoms with Gasteiger partial charge in [0.25, 0.3) is 0 Å². The highest BCUT2D eigenvalue weighted by Crippen LogP contribution is 2.29. The van der Waals surface area contributed by atoms with Crippen LogP contribution in [0.15, 0.2) is 0 Å². The van der Waals surface area contributed by atoms with Gasteiger partial charge in [-0.05, 0) is 31.7 Å². The fourth-order valence-electron chi connectivity index (χ4n) is 2.29. The molecule has 1 unspecified atom stereocenters. The van der Waals surface area contributed by atoms with Crippen LogP contribution in [0.1, 0.15) is 33.1 Å². The van der Waals surface area contributed by atoms with E-state index in [1.165, 1.54) is 0 Å². The lowest BCUT2D eigenvalue weighted by atomic mass is 9.86. The fourth-order valence-corrected chi connectivity index (χ4v) is 2.29. The van der Waals surface area contributed by atoms with Crippen molar-refractivity contribution in [3.63, 3.8) is 0 Å². The minimum absolute atomic E-state index is 0.283. The van der Waals surface area contributed by atoms with Gasteiger partial charge < -0.3 is 10.2 Å². The maximum absolute atomic E-state index is 11.3. The third kappa shape index (κ3) is 2.49. The second kappa shape index (κ2) is 4.94.